The van der Waals surface area contributed by atoms with E-state index in [2.05, 4.69) is 17.6 Å². The molecule has 1 aliphatic rings. The van der Waals surface area contributed by atoms with Crippen LogP contribution in [0.1, 0.15) is 58.9 Å². The zero-order chi connectivity index (χ0) is 17.6. The molecule has 0 unspecified atom stereocenters. The number of anilines is 1. The van der Waals surface area contributed by atoms with Crippen molar-refractivity contribution in [2.24, 2.45) is 0 Å². The fourth-order valence-corrected chi connectivity index (χ4v) is 3.26. The minimum atomic E-state index is -0.163. The molecule has 2 amide bonds. The third-order valence-corrected chi connectivity index (χ3v) is 4.75. The van der Waals surface area contributed by atoms with Crippen molar-refractivity contribution in [3.05, 3.63) is 65.2 Å². The third kappa shape index (κ3) is 4.27. The van der Waals surface area contributed by atoms with E-state index < -0.39 is 0 Å². The Balaban J connectivity index is 1.65. The first kappa shape index (κ1) is 17.2. The molecule has 0 saturated heterocycles. The van der Waals surface area contributed by atoms with Crippen LogP contribution >= 0.6 is 0 Å². The Hall–Kier alpha value is -2.62. The second-order valence-corrected chi connectivity index (χ2v) is 6.50. The molecule has 2 N–H and O–H groups in total. The average molecular weight is 336 g/mol. The number of hydrogen-bond acceptors (Lipinski definition) is 2. The van der Waals surface area contributed by atoms with Crippen molar-refractivity contribution in [3.8, 4) is 0 Å². The number of carbonyl (C=O) groups is 2. The van der Waals surface area contributed by atoms with Crippen LogP contribution in [0, 0.1) is 0 Å². The molecule has 0 radical (unpaired) electrons. The highest BCUT2D eigenvalue weighted by Crippen LogP contribution is 2.19. The highest BCUT2D eigenvalue weighted by atomic mass is 16.2. The fourth-order valence-electron chi connectivity index (χ4n) is 3.26. The summed E-state index contributed by atoms with van der Waals surface area (Å²) in [5, 5.41) is 6.00. The summed E-state index contributed by atoms with van der Waals surface area (Å²) in [4.78, 5) is 24.7. The van der Waals surface area contributed by atoms with Gasteiger partial charge in [-0.1, -0.05) is 38.0 Å². The number of carbonyl (C=O) groups excluding carboxylic acids is 2. The Bertz CT molecular complexity index is 747. The molecule has 2 aromatic rings. The number of nitrogens with one attached hydrogen (secondary N) is 2. The van der Waals surface area contributed by atoms with E-state index in [9.17, 15) is 9.59 Å². The van der Waals surface area contributed by atoms with Crippen LogP contribution in [0.25, 0.3) is 0 Å². The molecular weight excluding hydrogens is 312 g/mol. The lowest BCUT2D eigenvalue weighted by atomic mass is 10.1. The second-order valence-electron chi connectivity index (χ2n) is 6.50. The van der Waals surface area contributed by atoms with E-state index in [1.165, 1.54) is 12.8 Å². The molecule has 25 heavy (non-hydrogen) atoms. The van der Waals surface area contributed by atoms with Gasteiger partial charge in [0.1, 0.15) is 0 Å². The predicted molar refractivity (Wildman–Crippen MR) is 99.9 cm³/mol. The lowest BCUT2D eigenvalue weighted by Crippen LogP contribution is -2.32. The smallest absolute Gasteiger partial charge is 0.255 e. The second kappa shape index (κ2) is 7.97. The standard InChI is InChI=1S/C21H24N2O2/c1-2-15-7-3-6-10-19(15)23-21(25)17-13-11-16(12-14-17)20(24)22-18-8-4-5-9-18/h3,6-7,10-14,18H,2,4-5,8-9H2,1H3,(H,22,24)(H,23,25). The summed E-state index contributed by atoms with van der Waals surface area (Å²) >= 11 is 0. The van der Waals surface area contributed by atoms with Gasteiger partial charge < -0.3 is 10.6 Å². The highest BCUT2D eigenvalue weighted by Gasteiger charge is 2.18. The summed E-state index contributed by atoms with van der Waals surface area (Å²) in [7, 11) is 0. The first-order chi connectivity index (χ1) is 12.2. The Labute approximate surface area is 148 Å². The van der Waals surface area contributed by atoms with E-state index in [1.54, 1.807) is 24.3 Å². The number of para-hydroxylation sites is 1. The van der Waals surface area contributed by atoms with Crippen LogP contribution in [0.5, 0.6) is 0 Å². The molecule has 1 aliphatic carbocycles. The average Bonchev–Trinajstić information content (AvgIpc) is 3.15. The van der Waals surface area contributed by atoms with Crippen molar-refractivity contribution in [1.82, 2.24) is 5.32 Å². The van der Waals surface area contributed by atoms with Crippen LogP contribution in [0.3, 0.4) is 0 Å². The van der Waals surface area contributed by atoms with Crippen molar-refractivity contribution >= 4 is 17.5 Å². The Morgan fingerprint density at radius 3 is 2.16 bits per heavy atom. The molecule has 4 nitrogen and oxygen atoms in total. The van der Waals surface area contributed by atoms with Gasteiger partial charge >= 0.3 is 0 Å². The summed E-state index contributed by atoms with van der Waals surface area (Å²) in [5.41, 5.74) is 3.07. The van der Waals surface area contributed by atoms with Gasteiger partial charge in [-0.15, -0.1) is 0 Å². The molecule has 0 atom stereocenters. The highest BCUT2D eigenvalue weighted by molar-refractivity contribution is 6.05. The van der Waals surface area contributed by atoms with Gasteiger partial charge in [-0.3, -0.25) is 9.59 Å². The molecule has 0 heterocycles. The fraction of sp³-hybridized carbons (Fsp3) is 0.333. The molecule has 1 fully saturated rings. The van der Waals surface area contributed by atoms with Crippen molar-refractivity contribution in [1.29, 1.82) is 0 Å². The maximum atomic E-state index is 12.4. The molecule has 2 aromatic carbocycles. The van der Waals surface area contributed by atoms with Gasteiger partial charge in [-0.05, 0) is 55.2 Å². The van der Waals surface area contributed by atoms with E-state index in [0.717, 1.165) is 30.5 Å². The Morgan fingerprint density at radius 2 is 1.52 bits per heavy atom. The SMILES string of the molecule is CCc1ccccc1NC(=O)c1ccc(C(=O)NC2CCCC2)cc1. The Morgan fingerprint density at radius 1 is 0.920 bits per heavy atom. The number of aryl methyl sites for hydroxylation is 1. The Kier molecular flexibility index (Phi) is 5.49. The molecule has 0 spiro atoms. The summed E-state index contributed by atoms with van der Waals surface area (Å²) in [6.07, 6.45) is 5.34. The maximum Gasteiger partial charge on any atom is 0.255 e. The molecule has 0 bridgehead atoms. The molecule has 0 aliphatic heterocycles. The zero-order valence-electron chi connectivity index (χ0n) is 14.5. The summed E-state index contributed by atoms with van der Waals surface area (Å²) in [6, 6.07) is 14.9. The predicted octanol–water partition coefficient (Wildman–Crippen LogP) is 4.17. The van der Waals surface area contributed by atoms with Crippen LogP contribution in [0.15, 0.2) is 48.5 Å². The topological polar surface area (TPSA) is 58.2 Å². The number of hydrogen-bond donors (Lipinski definition) is 2. The summed E-state index contributed by atoms with van der Waals surface area (Å²) in [5.74, 6) is -0.223. The zero-order valence-corrected chi connectivity index (χ0v) is 14.5. The van der Waals surface area contributed by atoms with Crippen LogP contribution in [-0.2, 0) is 6.42 Å². The minimum absolute atomic E-state index is 0.0600. The van der Waals surface area contributed by atoms with Gasteiger partial charge in [-0.25, -0.2) is 0 Å². The monoisotopic (exact) mass is 336 g/mol. The van der Waals surface area contributed by atoms with E-state index in [-0.39, 0.29) is 11.8 Å². The van der Waals surface area contributed by atoms with Crippen molar-refractivity contribution in [3.63, 3.8) is 0 Å². The number of benzene rings is 2. The van der Waals surface area contributed by atoms with Crippen LogP contribution in [0.2, 0.25) is 0 Å². The lowest BCUT2D eigenvalue weighted by Gasteiger charge is -2.12. The molecule has 130 valence electrons. The van der Waals surface area contributed by atoms with Gasteiger partial charge in [0.2, 0.25) is 0 Å². The van der Waals surface area contributed by atoms with Crippen LogP contribution < -0.4 is 10.6 Å². The van der Waals surface area contributed by atoms with Crippen LogP contribution in [-0.4, -0.2) is 17.9 Å². The third-order valence-electron chi connectivity index (χ3n) is 4.75. The quantitative estimate of drug-likeness (QED) is 0.861. The van der Waals surface area contributed by atoms with E-state index in [0.29, 0.717) is 17.2 Å². The molecular formula is C21H24N2O2. The van der Waals surface area contributed by atoms with Gasteiger partial charge in [-0.2, -0.15) is 0 Å². The van der Waals surface area contributed by atoms with E-state index >= 15 is 0 Å². The van der Waals surface area contributed by atoms with Crippen LogP contribution in [0.4, 0.5) is 5.69 Å². The normalized spacial score (nSPS) is 14.3. The maximum absolute atomic E-state index is 12.4. The lowest BCUT2D eigenvalue weighted by molar-refractivity contribution is 0.0936. The molecule has 1 saturated carbocycles. The van der Waals surface area contributed by atoms with Crippen molar-refractivity contribution < 1.29 is 9.59 Å². The van der Waals surface area contributed by atoms with Crippen molar-refractivity contribution in [2.75, 3.05) is 5.32 Å². The van der Waals surface area contributed by atoms with Gasteiger partial charge in [0.15, 0.2) is 0 Å². The molecule has 0 aromatic heterocycles. The number of amides is 2. The minimum Gasteiger partial charge on any atom is -0.349 e. The number of rotatable bonds is 5. The van der Waals surface area contributed by atoms with Gasteiger partial charge in [0, 0.05) is 22.9 Å². The first-order valence-electron chi connectivity index (χ1n) is 8.97. The molecule has 4 heteroatoms. The van der Waals surface area contributed by atoms with Gasteiger partial charge in [0.05, 0.1) is 0 Å². The van der Waals surface area contributed by atoms with E-state index in [1.807, 2.05) is 24.3 Å². The van der Waals surface area contributed by atoms with Crippen molar-refractivity contribution in [2.45, 2.75) is 45.1 Å². The summed E-state index contributed by atoms with van der Waals surface area (Å²) < 4.78 is 0. The summed E-state index contributed by atoms with van der Waals surface area (Å²) in [6.45, 7) is 2.06. The molecule has 3 rings (SSSR count). The van der Waals surface area contributed by atoms with Gasteiger partial charge in [0.25, 0.3) is 11.8 Å². The largest absolute Gasteiger partial charge is 0.349 e. The van der Waals surface area contributed by atoms with E-state index in [4.69, 9.17) is 0 Å². The first-order valence-corrected chi connectivity index (χ1v) is 8.97.